The molecule has 1 unspecified atom stereocenters. The van der Waals surface area contributed by atoms with Crippen LogP contribution in [0.2, 0.25) is 0 Å². The van der Waals surface area contributed by atoms with E-state index in [0.29, 0.717) is 6.54 Å². The molecule has 1 heterocycles. The summed E-state index contributed by atoms with van der Waals surface area (Å²) in [6, 6.07) is 7.57. The Bertz CT molecular complexity index is 397. The van der Waals surface area contributed by atoms with Gasteiger partial charge in [0.2, 0.25) is 0 Å². The second-order valence-electron chi connectivity index (χ2n) is 3.94. The van der Waals surface area contributed by atoms with Crippen LogP contribution in [0.25, 0.3) is 0 Å². The summed E-state index contributed by atoms with van der Waals surface area (Å²) in [6.45, 7) is 1.38. The highest BCUT2D eigenvalue weighted by atomic mass is 79.9. The maximum atomic E-state index is 11.8. The lowest BCUT2D eigenvalue weighted by atomic mass is 10.3. The number of amides is 2. The van der Waals surface area contributed by atoms with Crippen molar-refractivity contribution in [1.82, 2.24) is 4.90 Å². The van der Waals surface area contributed by atoms with Crippen LogP contribution in [0.1, 0.15) is 6.42 Å². The van der Waals surface area contributed by atoms with Crippen LogP contribution in [0.5, 0.6) is 0 Å². The molecule has 0 aromatic heterocycles. The Labute approximate surface area is 103 Å². The van der Waals surface area contributed by atoms with E-state index in [4.69, 9.17) is 5.73 Å². The number of hydrogen-bond acceptors (Lipinski definition) is 2. The van der Waals surface area contributed by atoms with E-state index in [9.17, 15) is 4.79 Å². The van der Waals surface area contributed by atoms with Gasteiger partial charge in [0.05, 0.1) is 0 Å². The summed E-state index contributed by atoms with van der Waals surface area (Å²) < 4.78 is 0.948. The van der Waals surface area contributed by atoms with Crippen LogP contribution in [0.15, 0.2) is 28.7 Å². The van der Waals surface area contributed by atoms with E-state index in [0.717, 1.165) is 23.1 Å². The van der Waals surface area contributed by atoms with E-state index < -0.39 is 0 Å². The molecule has 5 heteroatoms. The number of nitrogens with two attached hydrogens (primary N) is 1. The Balaban J connectivity index is 1.97. The van der Waals surface area contributed by atoms with Gasteiger partial charge >= 0.3 is 6.03 Å². The van der Waals surface area contributed by atoms with Crippen molar-refractivity contribution >= 4 is 27.6 Å². The van der Waals surface area contributed by atoms with Gasteiger partial charge in [-0.2, -0.15) is 0 Å². The fourth-order valence-corrected chi connectivity index (χ4v) is 2.14. The molecule has 86 valence electrons. The molecule has 1 aromatic rings. The number of nitrogens with one attached hydrogen (secondary N) is 1. The van der Waals surface area contributed by atoms with Crippen molar-refractivity contribution in [2.45, 2.75) is 12.5 Å². The molecule has 1 fully saturated rings. The van der Waals surface area contributed by atoms with Gasteiger partial charge in [0.25, 0.3) is 0 Å². The van der Waals surface area contributed by atoms with E-state index in [2.05, 4.69) is 21.2 Å². The Hall–Kier alpha value is -1.07. The lowest BCUT2D eigenvalue weighted by molar-refractivity contribution is 0.222. The third-order valence-electron chi connectivity index (χ3n) is 2.59. The Kier molecular flexibility index (Phi) is 3.46. The Morgan fingerprint density at radius 2 is 2.38 bits per heavy atom. The summed E-state index contributed by atoms with van der Waals surface area (Å²) in [4.78, 5) is 13.6. The summed E-state index contributed by atoms with van der Waals surface area (Å²) in [7, 11) is 0. The lowest BCUT2D eigenvalue weighted by Crippen LogP contribution is -2.35. The number of benzene rings is 1. The first-order valence-corrected chi connectivity index (χ1v) is 6.01. The monoisotopic (exact) mass is 283 g/mol. The maximum absolute atomic E-state index is 11.8. The van der Waals surface area contributed by atoms with Crippen molar-refractivity contribution in [3.63, 3.8) is 0 Å². The second-order valence-corrected chi connectivity index (χ2v) is 4.85. The third kappa shape index (κ3) is 2.74. The van der Waals surface area contributed by atoms with Crippen LogP contribution < -0.4 is 11.1 Å². The summed E-state index contributed by atoms with van der Waals surface area (Å²) in [6.07, 6.45) is 0.881. The molecule has 1 atom stereocenters. The smallest absolute Gasteiger partial charge is 0.321 e. The topological polar surface area (TPSA) is 58.4 Å². The predicted octanol–water partition coefficient (Wildman–Crippen LogP) is 2.01. The van der Waals surface area contributed by atoms with Crippen LogP contribution >= 0.6 is 15.9 Å². The Morgan fingerprint density at radius 3 is 3.00 bits per heavy atom. The number of carbonyl (C=O) groups excluding carboxylic acids is 1. The number of hydrogen-bond donors (Lipinski definition) is 2. The number of urea groups is 1. The van der Waals surface area contributed by atoms with Gasteiger partial charge < -0.3 is 16.0 Å². The number of carbonyl (C=O) groups is 1. The minimum Gasteiger partial charge on any atom is -0.326 e. The first-order valence-electron chi connectivity index (χ1n) is 5.22. The van der Waals surface area contributed by atoms with Gasteiger partial charge in [-0.05, 0) is 24.6 Å². The number of likely N-dealkylation sites (tertiary alicyclic amines) is 1. The number of anilines is 1. The van der Waals surface area contributed by atoms with Crippen molar-refractivity contribution in [1.29, 1.82) is 0 Å². The van der Waals surface area contributed by atoms with E-state index in [1.807, 2.05) is 24.3 Å². The molecule has 0 aliphatic carbocycles. The molecule has 0 radical (unpaired) electrons. The summed E-state index contributed by atoms with van der Waals surface area (Å²) in [5, 5.41) is 2.85. The molecular weight excluding hydrogens is 270 g/mol. The average Bonchev–Trinajstić information content (AvgIpc) is 2.65. The lowest BCUT2D eigenvalue weighted by Gasteiger charge is -2.16. The Morgan fingerprint density at radius 1 is 1.56 bits per heavy atom. The van der Waals surface area contributed by atoms with E-state index in [1.54, 1.807) is 4.90 Å². The normalized spacial score (nSPS) is 19.9. The molecule has 0 bridgehead atoms. The molecule has 1 aliphatic heterocycles. The van der Waals surface area contributed by atoms with Gasteiger partial charge in [-0.15, -0.1) is 0 Å². The van der Waals surface area contributed by atoms with Crippen LogP contribution in [0.4, 0.5) is 10.5 Å². The highest BCUT2D eigenvalue weighted by Gasteiger charge is 2.23. The van der Waals surface area contributed by atoms with Gasteiger partial charge in [0, 0.05) is 29.3 Å². The highest BCUT2D eigenvalue weighted by molar-refractivity contribution is 9.10. The van der Waals surface area contributed by atoms with Gasteiger partial charge in [-0.1, -0.05) is 22.0 Å². The number of rotatable bonds is 1. The molecule has 4 nitrogen and oxygen atoms in total. The zero-order chi connectivity index (χ0) is 11.5. The summed E-state index contributed by atoms with van der Waals surface area (Å²) in [5.41, 5.74) is 6.54. The van der Waals surface area contributed by atoms with Crippen LogP contribution in [0.3, 0.4) is 0 Å². The molecule has 16 heavy (non-hydrogen) atoms. The number of halogens is 1. The fourth-order valence-electron chi connectivity index (χ4n) is 1.74. The molecule has 2 rings (SSSR count). The second kappa shape index (κ2) is 4.84. The van der Waals surface area contributed by atoms with Crippen LogP contribution in [-0.2, 0) is 0 Å². The molecule has 0 spiro atoms. The first kappa shape index (κ1) is 11.4. The van der Waals surface area contributed by atoms with Gasteiger partial charge in [-0.3, -0.25) is 0 Å². The molecule has 1 aliphatic rings. The zero-order valence-electron chi connectivity index (χ0n) is 8.82. The van der Waals surface area contributed by atoms with Crippen molar-refractivity contribution in [3.05, 3.63) is 28.7 Å². The predicted molar refractivity (Wildman–Crippen MR) is 67.3 cm³/mol. The van der Waals surface area contributed by atoms with E-state index >= 15 is 0 Å². The number of nitrogens with zero attached hydrogens (tertiary/aromatic N) is 1. The standard InChI is InChI=1S/C11H14BrN3O/c12-8-2-1-3-10(6-8)14-11(16)15-5-4-9(13)7-15/h1-3,6,9H,4-5,7,13H2,(H,14,16). The van der Waals surface area contributed by atoms with Gasteiger partial charge in [-0.25, -0.2) is 4.79 Å². The molecule has 0 saturated carbocycles. The third-order valence-corrected chi connectivity index (χ3v) is 3.08. The molecule has 3 N–H and O–H groups in total. The minimum absolute atomic E-state index is 0.0777. The highest BCUT2D eigenvalue weighted by Crippen LogP contribution is 2.17. The van der Waals surface area contributed by atoms with E-state index in [-0.39, 0.29) is 12.1 Å². The maximum Gasteiger partial charge on any atom is 0.321 e. The molecule has 1 aromatic carbocycles. The average molecular weight is 284 g/mol. The quantitative estimate of drug-likeness (QED) is 0.828. The SMILES string of the molecule is NC1CCN(C(=O)Nc2cccc(Br)c2)C1. The van der Waals surface area contributed by atoms with Crippen molar-refractivity contribution in [2.24, 2.45) is 5.73 Å². The van der Waals surface area contributed by atoms with Crippen LogP contribution in [-0.4, -0.2) is 30.1 Å². The van der Waals surface area contributed by atoms with Crippen molar-refractivity contribution < 1.29 is 4.79 Å². The van der Waals surface area contributed by atoms with E-state index in [1.165, 1.54) is 0 Å². The summed E-state index contributed by atoms with van der Waals surface area (Å²) in [5.74, 6) is 0. The zero-order valence-corrected chi connectivity index (χ0v) is 10.4. The van der Waals surface area contributed by atoms with Crippen LogP contribution in [0, 0.1) is 0 Å². The molecule has 2 amide bonds. The molecular formula is C11H14BrN3O. The van der Waals surface area contributed by atoms with Gasteiger partial charge in [0.1, 0.15) is 0 Å². The van der Waals surface area contributed by atoms with Crippen molar-refractivity contribution in [3.8, 4) is 0 Å². The molecule has 1 saturated heterocycles. The minimum atomic E-state index is -0.0777. The first-order chi connectivity index (χ1) is 7.65. The van der Waals surface area contributed by atoms with Crippen molar-refractivity contribution in [2.75, 3.05) is 18.4 Å². The largest absolute Gasteiger partial charge is 0.326 e. The summed E-state index contributed by atoms with van der Waals surface area (Å²) >= 11 is 3.36. The fraction of sp³-hybridized carbons (Fsp3) is 0.364. The van der Waals surface area contributed by atoms with Gasteiger partial charge in [0.15, 0.2) is 0 Å².